The first-order chi connectivity index (χ1) is 17.7. The first kappa shape index (κ1) is 22.7. The zero-order valence-corrected chi connectivity index (χ0v) is 20.4. The number of hydrogen-bond acceptors (Lipinski definition) is 7. The van der Waals surface area contributed by atoms with Gasteiger partial charge in [0.25, 0.3) is 5.56 Å². The van der Waals surface area contributed by atoms with E-state index in [-0.39, 0.29) is 18.4 Å². The zero-order valence-electron chi connectivity index (χ0n) is 20.4. The Hall–Kier alpha value is -3.72. The van der Waals surface area contributed by atoms with E-state index in [9.17, 15) is 4.79 Å². The fraction of sp³-hybridized carbons (Fsp3) is 0.407. The van der Waals surface area contributed by atoms with Crippen molar-refractivity contribution in [2.24, 2.45) is 0 Å². The Balaban J connectivity index is 1.49. The topological polar surface area (TPSA) is 98.2 Å². The SMILES string of the molecule is CCN(Cc1ccccc1)C(c1cc2cc3c(cc2[nH]c1=O)OCO3)c1nnnn1C1CCCCC1. The summed E-state index contributed by atoms with van der Waals surface area (Å²) in [7, 11) is 0. The van der Waals surface area contributed by atoms with Crippen LogP contribution in [0.5, 0.6) is 11.5 Å². The molecule has 2 aliphatic rings. The van der Waals surface area contributed by atoms with Gasteiger partial charge in [-0.05, 0) is 47.5 Å². The van der Waals surface area contributed by atoms with Crippen LogP contribution in [0.15, 0.2) is 53.3 Å². The van der Waals surface area contributed by atoms with Gasteiger partial charge in [-0.2, -0.15) is 0 Å². The Bertz CT molecular complexity index is 1410. The highest BCUT2D eigenvalue weighted by molar-refractivity contribution is 5.83. The van der Waals surface area contributed by atoms with E-state index in [2.05, 4.69) is 44.5 Å². The van der Waals surface area contributed by atoms with Gasteiger partial charge in [0.15, 0.2) is 17.3 Å². The molecular weight excluding hydrogens is 456 g/mol. The van der Waals surface area contributed by atoms with Gasteiger partial charge in [-0.1, -0.05) is 56.5 Å². The average Bonchev–Trinajstić information content (AvgIpc) is 3.58. The summed E-state index contributed by atoms with van der Waals surface area (Å²) in [6, 6.07) is 15.8. The number of aromatic amines is 1. The number of benzene rings is 2. The number of tetrazole rings is 1. The van der Waals surface area contributed by atoms with Crippen molar-refractivity contribution in [1.29, 1.82) is 0 Å². The van der Waals surface area contributed by atoms with E-state index < -0.39 is 6.04 Å². The Morgan fingerprint density at radius 3 is 2.64 bits per heavy atom. The number of pyridine rings is 1. The minimum Gasteiger partial charge on any atom is -0.454 e. The first-order valence-electron chi connectivity index (χ1n) is 12.7. The molecule has 1 N–H and O–H groups in total. The molecule has 0 radical (unpaired) electrons. The third kappa shape index (κ3) is 4.24. The highest BCUT2D eigenvalue weighted by atomic mass is 16.7. The number of H-pyrrole nitrogens is 1. The van der Waals surface area contributed by atoms with Gasteiger partial charge in [0.1, 0.15) is 6.04 Å². The van der Waals surface area contributed by atoms with Crippen LogP contribution in [-0.4, -0.2) is 43.4 Å². The quantitative estimate of drug-likeness (QED) is 0.414. The molecule has 6 rings (SSSR count). The average molecular weight is 487 g/mol. The third-order valence-electron chi connectivity index (χ3n) is 7.34. The number of aromatic nitrogens is 5. The van der Waals surface area contributed by atoms with Crippen molar-refractivity contribution in [1.82, 2.24) is 30.1 Å². The highest BCUT2D eigenvalue weighted by Gasteiger charge is 2.32. The van der Waals surface area contributed by atoms with Gasteiger partial charge in [0.2, 0.25) is 6.79 Å². The Morgan fingerprint density at radius 1 is 1.08 bits per heavy atom. The van der Waals surface area contributed by atoms with Crippen LogP contribution in [0.2, 0.25) is 0 Å². The summed E-state index contributed by atoms with van der Waals surface area (Å²) >= 11 is 0. The number of fused-ring (bicyclic) bond motifs is 2. The minimum absolute atomic E-state index is 0.156. The second-order valence-corrected chi connectivity index (χ2v) is 9.57. The molecular formula is C27H30N6O3. The molecule has 1 atom stereocenters. The predicted octanol–water partition coefficient (Wildman–Crippen LogP) is 4.36. The van der Waals surface area contributed by atoms with Gasteiger partial charge in [-0.25, -0.2) is 4.68 Å². The van der Waals surface area contributed by atoms with Crippen molar-refractivity contribution in [3.63, 3.8) is 0 Å². The van der Waals surface area contributed by atoms with Gasteiger partial charge in [0, 0.05) is 23.6 Å². The number of nitrogens with zero attached hydrogens (tertiary/aromatic N) is 5. The van der Waals surface area contributed by atoms with Crippen molar-refractivity contribution in [2.45, 2.75) is 57.7 Å². The van der Waals surface area contributed by atoms with Crippen molar-refractivity contribution in [2.75, 3.05) is 13.3 Å². The zero-order chi connectivity index (χ0) is 24.5. The van der Waals surface area contributed by atoms with E-state index in [1.807, 2.05) is 41.1 Å². The fourth-order valence-electron chi connectivity index (χ4n) is 5.48. The molecule has 0 bridgehead atoms. The van der Waals surface area contributed by atoms with E-state index in [0.29, 0.717) is 34.9 Å². The van der Waals surface area contributed by atoms with E-state index in [4.69, 9.17) is 9.47 Å². The van der Waals surface area contributed by atoms with Crippen LogP contribution in [0.25, 0.3) is 10.9 Å². The fourth-order valence-corrected chi connectivity index (χ4v) is 5.48. The molecule has 186 valence electrons. The summed E-state index contributed by atoms with van der Waals surface area (Å²) in [4.78, 5) is 18.9. The van der Waals surface area contributed by atoms with Crippen molar-refractivity contribution in [3.05, 3.63) is 75.8 Å². The molecule has 1 saturated carbocycles. The molecule has 4 aromatic rings. The van der Waals surface area contributed by atoms with E-state index in [0.717, 1.165) is 24.8 Å². The number of ether oxygens (including phenoxy) is 2. The second-order valence-electron chi connectivity index (χ2n) is 9.57. The lowest BCUT2D eigenvalue weighted by Crippen LogP contribution is -2.35. The van der Waals surface area contributed by atoms with Crippen molar-refractivity contribution < 1.29 is 9.47 Å². The molecule has 1 aliphatic heterocycles. The summed E-state index contributed by atoms with van der Waals surface area (Å²) in [5.41, 5.74) is 2.34. The van der Waals surface area contributed by atoms with Gasteiger partial charge in [0.05, 0.1) is 11.6 Å². The molecule has 3 heterocycles. The second kappa shape index (κ2) is 9.73. The molecule has 0 amide bonds. The molecule has 2 aromatic heterocycles. The Morgan fingerprint density at radius 2 is 1.86 bits per heavy atom. The van der Waals surface area contributed by atoms with Crippen LogP contribution in [-0.2, 0) is 6.54 Å². The van der Waals surface area contributed by atoms with Gasteiger partial charge < -0.3 is 14.5 Å². The van der Waals surface area contributed by atoms with Crippen molar-refractivity contribution >= 4 is 10.9 Å². The molecule has 1 aliphatic carbocycles. The van der Waals surface area contributed by atoms with Gasteiger partial charge >= 0.3 is 0 Å². The van der Waals surface area contributed by atoms with Crippen LogP contribution in [0.1, 0.15) is 68.1 Å². The predicted molar refractivity (Wildman–Crippen MR) is 135 cm³/mol. The monoisotopic (exact) mass is 486 g/mol. The lowest BCUT2D eigenvalue weighted by molar-refractivity contribution is 0.174. The minimum atomic E-state index is -0.411. The number of nitrogens with one attached hydrogen (secondary N) is 1. The molecule has 36 heavy (non-hydrogen) atoms. The number of hydrogen-bond donors (Lipinski definition) is 1. The van der Waals surface area contributed by atoms with Crippen LogP contribution in [0.3, 0.4) is 0 Å². The summed E-state index contributed by atoms with van der Waals surface area (Å²) in [6.07, 6.45) is 5.67. The normalized spacial score (nSPS) is 16.6. The van der Waals surface area contributed by atoms with Crippen LogP contribution >= 0.6 is 0 Å². The largest absolute Gasteiger partial charge is 0.454 e. The lowest BCUT2D eigenvalue weighted by Gasteiger charge is -2.32. The third-order valence-corrected chi connectivity index (χ3v) is 7.34. The number of rotatable bonds is 7. The molecule has 9 nitrogen and oxygen atoms in total. The summed E-state index contributed by atoms with van der Waals surface area (Å²) in [5, 5.41) is 13.9. The smallest absolute Gasteiger partial charge is 0.253 e. The van der Waals surface area contributed by atoms with E-state index >= 15 is 0 Å². The Kier molecular flexibility index (Phi) is 6.14. The van der Waals surface area contributed by atoms with Crippen LogP contribution in [0.4, 0.5) is 0 Å². The molecule has 0 saturated heterocycles. The molecule has 1 fully saturated rings. The summed E-state index contributed by atoms with van der Waals surface area (Å²) < 4.78 is 13.1. The summed E-state index contributed by atoms with van der Waals surface area (Å²) in [6.45, 7) is 3.67. The molecule has 1 unspecified atom stereocenters. The Labute approximate surface area is 209 Å². The first-order valence-corrected chi connectivity index (χ1v) is 12.7. The maximum absolute atomic E-state index is 13.6. The van der Waals surface area contributed by atoms with Crippen molar-refractivity contribution in [3.8, 4) is 11.5 Å². The standard InChI is InChI=1S/C27H30N6O3/c1-2-32(16-18-9-5-3-6-10-18)25(26-29-30-31-33(26)20-11-7-4-8-12-20)21-13-19-14-23-24(36-17-35-23)15-22(19)28-27(21)34/h3,5-6,9-10,13-15,20,25H,2,4,7-8,11-12,16-17H2,1H3,(H,28,34). The lowest BCUT2D eigenvalue weighted by atomic mass is 9.95. The van der Waals surface area contributed by atoms with Gasteiger partial charge in [-0.15, -0.1) is 5.10 Å². The van der Waals surface area contributed by atoms with Crippen LogP contribution < -0.4 is 15.0 Å². The maximum atomic E-state index is 13.6. The summed E-state index contributed by atoms with van der Waals surface area (Å²) in [5.74, 6) is 2.04. The molecule has 0 spiro atoms. The molecule has 9 heteroatoms. The van der Waals surface area contributed by atoms with E-state index in [1.54, 1.807) is 0 Å². The van der Waals surface area contributed by atoms with Crippen LogP contribution in [0, 0.1) is 0 Å². The maximum Gasteiger partial charge on any atom is 0.253 e. The molecule has 2 aromatic carbocycles. The van der Waals surface area contributed by atoms with E-state index in [1.165, 1.54) is 24.8 Å². The van der Waals surface area contributed by atoms with Gasteiger partial charge in [-0.3, -0.25) is 9.69 Å². The highest BCUT2D eigenvalue weighted by Crippen LogP contribution is 2.37.